The molecule has 1 aliphatic heterocycles. The van der Waals surface area contributed by atoms with Crippen LogP contribution in [0, 0.1) is 0 Å². The van der Waals surface area contributed by atoms with Gasteiger partial charge in [-0.3, -0.25) is 5.32 Å². The van der Waals surface area contributed by atoms with Crippen LogP contribution in [0.3, 0.4) is 0 Å². The van der Waals surface area contributed by atoms with E-state index in [4.69, 9.17) is 0 Å². The lowest BCUT2D eigenvalue weighted by atomic mass is 10.1. The van der Waals surface area contributed by atoms with E-state index in [9.17, 15) is 0 Å². The van der Waals surface area contributed by atoms with Gasteiger partial charge in [0.15, 0.2) is 0 Å². The highest BCUT2D eigenvalue weighted by Gasteiger charge is 2.12. The molecule has 1 aromatic heterocycles. The van der Waals surface area contributed by atoms with E-state index in [-0.39, 0.29) is 0 Å². The molecule has 0 atom stereocenters. The van der Waals surface area contributed by atoms with Gasteiger partial charge in [0.05, 0.1) is 5.69 Å². The lowest BCUT2D eigenvalue weighted by Crippen LogP contribution is -1.88. The highest BCUT2D eigenvalue weighted by atomic mass is 14.9. The number of hydrogen-bond donors (Lipinski definition) is 1. The van der Waals surface area contributed by atoms with Crippen LogP contribution in [-0.4, -0.2) is 11.5 Å². The van der Waals surface area contributed by atoms with E-state index in [2.05, 4.69) is 28.5 Å². The SMILES string of the molecule is c1cc2cc3c(cc2[nH]1)CC[N]3. The predicted molar refractivity (Wildman–Crippen MR) is 48.7 cm³/mol. The molecular formula is C10H9N2. The fourth-order valence-corrected chi connectivity index (χ4v) is 1.78. The molecule has 12 heavy (non-hydrogen) atoms. The van der Waals surface area contributed by atoms with Gasteiger partial charge in [-0.1, -0.05) is 0 Å². The summed E-state index contributed by atoms with van der Waals surface area (Å²) in [5.74, 6) is 0. The Kier molecular flexibility index (Phi) is 1.04. The van der Waals surface area contributed by atoms with Crippen LogP contribution in [0.15, 0.2) is 24.4 Å². The van der Waals surface area contributed by atoms with Gasteiger partial charge in [-0.2, -0.15) is 0 Å². The molecule has 3 rings (SSSR count). The molecule has 1 N–H and O–H groups in total. The molecule has 1 aromatic carbocycles. The topological polar surface area (TPSA) is 29.9 Å². The van der Waals surface area contributed by atoms with Crippen molar-refractivity contribution in [2.75, 3.05) is 6.54 Å². The van der Waals surface area contributed by atoms with E-state index in [0.717, 1.165) is 13.0 Å². The Hall–Kier alpha value is -1.44. The average molecular weight is 157 g/mol. The molecule has 2 heteroatoms. The molecule has 0 unspecified atom stereocenters. The molecule has 0 amide bonds. The van der Waals surface area contributed by atoms with Crippen molar-refractivity contribution in [3.05, 3.63) is 30.0 Å². The Bertz CT molecular complexity index is 390. The first-order valence-electron chi connectivity index (χ1n) is 4.21. The zero-order valence-corrected chi connectivity index (χ0v) is 6.67. The Balaban J connectivity index is 2.38. The van der Waals surface area contributed by atoms with Crippen LogP contribution in [0.25, 0.3) is 10.9 Å². The Labute approximate surface area is 70.6 Å². The Morgan fingerprint density at radius 3 is 3.33 bits per heavy atom. The van der Waals surface area contributed by atoms with Gasteiger partial charge in [0.2, 0.25) is 0 Å². The van der Waals surface area contributed by atoms with Crippen molar-refractivity contribution in [2.24, 2.45) is 0 Å². The predicted octanol–water partition coefficient (Wildman–Crippen LogP) is 1.96. The summed E-state index contributed by atoms with van der Waals surface area (Å²) in [6, 6.07) is 6.46. The van der Waals surface area contributed by atoms with E-state index in [1.165, 1.54) is 22.2 Å². The molecule has 59 valence electrons. The van der Waals surface area contributed by atoms with Crippen molar-refractivity contribution in [3.8, 4) is 0 Å². The van der Waals surface area contributed by atoms with Crippen LogP contribution in [0.1, 0.15) is 5.56 Å². The summed E-state index contributed by atoms with van der Waals surface area (Å²) in [5, 5.41) is 5.68. The van der Waals surface area contributed by atoms with Gasteiger partial charge >= 0.3 is 0 Å². The van der Waals surface area contributed by atoms with E-state index >= 15 is 0 Å². The summed E-state index contributed by atoms with van der Waals surface area (Å²) in [4.78, 5) is 3.21. The first-order chi connectivity index (χ1) is 5.93. The van der Waals surface area contributed by atoms with Crippen LogP contribution < -0.4 is 5.32 Å². The first-order valence-corrected chi connectivity index (χ1v) is 4.21. The molecule has 1 radical (unpaired) electrons. The molecule has 0 saturated carbocycles. The molecule has 0 spiro atoms. The molecule has 2 aromatic rings. The molecule has 0 aliphatic carbocycles. The fraction of sp³-hybridized carbons (Fsp3) is 0.200. The lowest BCUT2D eigenvalue weighted by molar-refractivity contribution is 0.909. The maximum atomic E-state index is 4.42. The van der Waals surface area contributed by atoms with Crippen LogP contribution in [0.2, 0.25) is 0 Å². The summed E-state index contributed by atoms with van der Waals surface area (Å²) in [5.41, 5.74) is 3.79. The second-order valence-electron chi connectivity index (χ2n) is 3.18. The summed E-state index contributed by atoms with van der Waals surface area (Å²) >= 11 is 0. The van der Waals surface area contributed by atoms with Crippen LogP contribution >= 0.6 is 0 Å². The highest BCUT2D eigenvalue weighted by molar-refractivity contribution is 5.84. The van der Waals surface area contributed by atoms with Gasteiger partial charge in [0.1, 0.15) is 0 Å². The van der Waals surface area contributed by atoms with Crippen molar-refractivity contribution in [1.82, 2.24) is 10.3 Å². The number of nitrogens with one attached hydrogen (secondary N) is 1. The third-order valence-electron chi connectivity index (χ3n) is 2.42. The molecular weight excluding hydrogens is 148 g/mol. The highest BCUT2D eigenvalue weighted by Crippen LogP contribution is 2.27. The quantitative estimate of drug-likeness (QED) is 0.606. The van der Waals surface area contributed by atoms with Gasteiger partial charge in [-0.25, -0.2) is 0 Å². The van der Waals surface area contributed by atoms with E-state index in [1.807, 2.05) is 6.20 Å². The third-order valence-corrected chi connectivity index (χ3v) is 2.42. The number of rotatable bonds is 0. The van der Waals surface area contributed by atoms with E-state index in [0.29, 0.717) is 0 Å². The standard InChI is InChI=1S/C10H9N2/c1-3-11-9-6-8-2-4-12-10(8)5-7(1)9/h1,3,5-6,11H,2,4H2. The minimum atomic E-state index is 0.960. The molecule has 0 bridgehead atoms. The van der Waals surface area contributed by atoms with E-state index < -0.39 is 0 Å². The maximum absolute atomic E-state index is 4.42. The van der Waals surface area contributed by atoms with Crippen molar-refractivity contribution in [1.29, 1.82) is 0 Å². The largest absolute Gasteiger partial charge is 0.361 e. The number of benzene rings is 1. The third kappa shape index (κ3) is 0.694. The first kappa shape index (κ1) is 6.12. The number of aromatic amines is 1. The Morgan fingerprint density at radius 1 is 1.33 bits per heavy atom. The summed E-state index contributed by atoms with van der Waals surface area (Å²) in [6.07, 6.45) is 3.07. The Morgan fingerprint density at radius 2 is 2.33 bits per heavy atom. The minimum Gasteiger partial charge on any atom is -0.361 e. The van der Waals surface area contributed by atoms with Crippen molar-refractivity contribution >= 4 is 16.6 Å². The number of aromatic nitrogens is 1. The number of fused-ring (bicyclic) bond motifs is 2. The van der Waals surface area contributed by atoms with Gasteiger partial charge in [0, 0.05) is 23.6 Å². The number of hydrogen-bond acceptors (Lipinski definition) is 0. The zero-order valence-electron chi connectivity index (χ0n) is 6.67. The molecule has 0 fully saturated rings. The zero-order chi connectivity index (χ0) is 7.97. The maximum Gasteiger partial charge on any atom is 0.0614 e. The summed E-state index contributed by atoms with van der Waals surface area (Å²) in [7, 11) is 0. The van der Waals surface area contributed by atoms with Crippen molar-refractivity contribution in [2.45, 2.75) is 6.42 Å². The second-order valence-corrected chi connectivity index (χ2v) is 3.18. The van der Waals surface area contributed by atoms with Crippen LogP contribution in [0.4, 0.5) is 5.69 Å². The number of nitrogens with zero attached hydrogens (tertiary/aromatic N) is 1. The fourth-order valence-electron chi connectivity index (χ4n) is 1.78. The smallest absolute Gasteiger partial charge is 0.0614 e. The molecule has 1 aliphatic rings. The lowest BCUT2D eigenvalue weighted by Gasteiger charge is -1.96. The monoisotopic (exact) mass is 157 g/mol. The second kappa shape index (κ2) is 2.03. The van der Waals surface area contributed by atoms with Crippen LogP contribution in [-0.2, 0) is 6.42 Å². The molecule has 0 saturated heterocycles. The van der Waals surface area contributed by atoms with Crippen molar-refractivity contribution < 1.29 is 0 Å². The molecule has 2 nitrogen and oxygen atoms in total. The van der Waals surface area contributed by atoms with Gasteiger partial charge in [0.25, 0.3) is 0 Å². The molecule has 2 heterocycles. The average Bonchev–Trinajstić information content (AvgIpc) is 2.64. The van der Waals surface area contributed by atoms with Crippen molar-refractivity contribution in [3.63, 3.8) is 0 Å². The van der Waals surface area contributed by atoms with E-state index in [1.54, 1.807) is 0 Å². The summed E-state index contributed by atoms with van der Waals surface area (Å²) in [6.45, 7) is 0.960. The van der Waals surface area contributed by atoms with Gasteiger partial charge in [-0.15, -0.1) is 0 Å². The number of H-pyrrole nitrogens is 1. The van der Waals surface area contributed by atoms with Gasteiger partial charge in [-0.05, 0) is 30.2 Å². The normalized spacial score (nSPS) is 14.7. The summed E-state index contributed by atoms with van der Waals surface area (Å²) < 4.78 is 0. The minimum absolute atomic E-state index is 0.960. The van der Waals surface area contributed by atoms with Gasteiger partial charge < -0.3 is 4.98 Å². The van der Waals surface area contributed by atoms with Crippen LogP contribution in [0.5, 0.6) is 0 Å².